The lowest BCUT2D eigenvalue weighted by Gasteiger charge is -2.14. The van der Waals surface area contributed by atoms with Gasteiger partial charge in [0.15, 0.2) is 0 Å². The Morgan fingerprint density at radius 3 is 2.39 bits per heavy atom. The number of pyridine rings is 1. The van der Waals surface area contributed by atoms with Crippen LogP contribution < -0.4 is 5.43 Å². The molecule has 3 aromatic rings. The smallest absolute Gasteiger partial charge is 0.354 e. The molecule has 3 rings (SSSR count). The maximum Gasteiger partial charge on any atom is 0.422 e. The fourth-order valence-electron chi connectivity index (χ4n) is 2.47. The molecule has 0 saturated carbocycles. The van der Waals surface area contributed by atoms with Crippen LogP contribution in [0.5, 0.6) is 0 Å². The Labute approximate surface area is 128 Å². The first-order valence-electron chi connectivity index (χ1n) is 6.78. The summed E-state index contributed by atoms with van der Waals surface area (Å²) in [6.07, 6.45) is -4.85. The molecule has 0 amide bonds. The third-order valence-electron chi connectivity index (χ3n) is 3.65. The predicted octanol–water partition coefficient (Wildman–Crippen LogP) is 4.66. The number of aromatic amines is 1. The van der Waals surface area contributed by atoms with E-state index in [-0.39, 0.29) is 16.5 Å². The standard InChI is InChI=1S/C17H11F4NO/c1-9-6-7-10(8-12(9)18)15-14(17(19,20)21)16(23)11-4-2-3-5-13(11)22-15/h2-8H,1H3,(H,22,23). The Balaban J connectivity index is 2.43. The third kappa shape index (κ3) is 2.60. The molecule has 0 unspecified atom stereocenters. The van der Waals surface area contributed by atoms with Crippen LogP contribution in [0.25, 0.3) is 22.2 Å². The van der Waals surface area contributed by atoms with E-state index in [0.29, 0.717) is 5.56 Å². The van der Waals surface area contributed by atoms with E-state index in [1.807, 2.05) is 0 Å². The second-order valence-electron chi connectivity index (χ2n) is 5.21. The van der Waals surface area contributed by atoms with Gasteiger partial charge in [0.05, 0.1) is 5.69 Å². The van der Waals surface area contributed by atoms with Gasteiger partial charge in [-0.15, -0.1) is 0 Å². The third-order valence-corrected chi connectivity index (χ3v) is 3.65. The van der Waals surface area contributed by atoms with Crippen molar-refractivity contribution in [2.45, 2.75) is 13.1 Å². The topological polar surface area (TPSA) is 32.9 Å². The van der Waals surface area contributed by atoms with Gasteiger partial charge in [-0.1, -0.05) is 24.3 Å². The Kier molecular flexibility index (Phi) is 3.47. The number of aromatic nitrogens is 1. The maximum absolute atomic E-state index is 13.7. The van der Waals surface area contributed by atoms with Crippen LogP contribution in [0, 0.1) is 12.7 Å². The van der Waals surface area contributed by atoms with Gasteiger partial charge in [-0.05, 0) is 30.7 Å². The molecule has 0 bridgehead atoms. The Morgan fingerprint density at radius 1 is 1.04 bits per heavy atom. The highest BCUT2D eigenvalue weighted by Crippen LogP contribution is 2.35. The molecule has 2 aromatic carbocycles. The average Bonchev–Trinajstić information content (AvgIpc) is 2.48. The molecule has 2 nitrogen and oxygen atoms in total. The average molecular weight is 321 g/mol. The molecule has 0 fully saturated rings. The molecule has 1 N–H and O–H groups in total. The van der Waals surface area contributed by atoms with Crippen LogP contribution in [0.15, 0.2) is 47.3 Å². The van der Waals surface area contributed by atoms with Crippen molar-refractivity contribution in [3.05, 3.63) is 69.6 Å². The molecule has 23 heavy (non-hydrogen) atoms. The number of hydrogen-bond acceptors (Lipinski definition) is 1. The van der Waals surface area contributed by atoms with Gasteiger partial charge in [0.25, 0.3) is 0 Å². The van der Waals surface area contributed by atoms with Crippen LogP contribution in [0.2, 0.25) is 0 Å². The molecule has 0 radical (unpaired) electrons. The summed E-state index contributed by atoms with van der Waals surface area (Å²) in [7, 11) is 0. The first kappa shape index (κ1) is 15.3. The maximum atomic E-state index is 13.7. The summed E-state index contributed by atoms with van der Waals surface area (Å²) in [6, 6.07) is 9.64. The zero-order valence-electron chi connectivity index (χ0n) is 12.0. The van der Waals surface area contributed by atoms with Crippen molar-refractivity contribution < 1.29 is 17.6 Å². The van der Waals surface area contributed by atoms with Gasteiger partial charge in [-0.2, -0.15) is 13.2 Å². The van der Waals surface area contributed by atoms with Gasteiger partial charge in [-0.25, -0.2) is 4.39 Å². The van der Waals surface area contributed by atoms with Crippen molar-refractivity contribution in [2.75, 3.05) is 0 Å². The van der Waals surface area contributed by atoms with E-state index in [2.05, 4.69) is 4.98 Å². The molecule has 6 heteroatoms. The summed E-state index contributed by atoms with van der Waals surface area (Å²) in [6.45, 7) is 1.51. The second kappa shape index (κ2) is 5.22. The summed E-state index contributed by atoms with van der Waals surface area (Å²) in [5, 5.41) is -0.0591. The number of hydrogen-bond donors (Lipinski definition) is 1. The van der Waals surface area contributed by atoms with E-state index in [0.717, 1.165) is 6.07 Å². The highest BCUT2D eigenvalue weighted by atomic mass is 19.4. The normalized spacial score (nSPS) is 11.9. The lowest BCUT2D eigenvalue weighted by Crippen LogP contribution is -2.22. The number of halogens is 4. The zero-order chi connectivity index (χ0) is 16.8. The van der Waals surface area contributed by atoms with Gasteiger partial charge in [0.2, 0.25) is 5.43 Å². The lowest BCUT2D eigenvalue weighted by atomic mass is 10.0. The minimum atomic E-state index is -4.85. The van der Waals surface area contributed by atoms with Crippen LogP contribution >= 0.6 is 0 Å². The summed E-state index contributed by atoms with van der Waals surface area (Å²) in [4.78, 5) is 14.9. The summed E-state index contributed by atoms with van der Waals surface area (Å²) >= 11 is 0. The molecule has 1 heterocycles. The summed E-state index contributed by atoms with van der Waals surface area (Å²) in [5.41, 5.74) is -2.32. The molecule has 0 aliphatic heterocycles. The lowest BCUT2D eigenvalue weighted by molar-refractivity contribution is -0.137. The van der Waals surface area contributed by atoms with E-state index in [1.165, 1.54) is 37.3 Å². The molecule has 118 valence electrons. The number of benzene rings is 2. The van der Waals surface area contributed by atoms with Gasteiger partial charge in [0.1, 0.15) is 11.4 Å². The minimum absolute atomic E-state index is 0.0247. The van der Waals surface area contributed by atoms with Crippen LogP contribution in [-0.2, 0) is 6.18 Å². The number of rotatable bonds is 1. The molecule has 0 aliphatic rings. The molecule has 0 spiro atoms. The van der Waals surface area contributed by atoms with Gasteiger partial charge in [0, 0.05) is 16.5 Å². The number of aryl methyl sites for hydroxylation is 1. The van der Waals surface area contributed by atoms with Gasteiger partial charge in [-0.3, -0.25) is 4.79 Å². The van der Waals surface area contributed by atoms with Crippen molar-refractivity contribution in [2.24, 2.45) is 0 Å². The van der Waals surface area contributed by atoms with Crippen LogP contribution in [-0.4, -0.2) is 4.98 Å². The van der Waals surface area contributed by atoms with E-state index in [1.54, 1.807) is 6.07 Å². The van der Waals surface area contributed by atoms with Crippen LogP contribution in [0.1, 0.15) is 11.1 Å². The largest absolute Gasteiger partial charge is 0.422 e. The van der Waals surface area contributed by atoms with E-state index < -0.39 is 28.7 Å². The first-order valence-corrected chi connectivity index (χ1v) is 6.78. The number of nitrogens with one attached hydrogen (secondary N) is 1. The monoisotopic (exact) mass is 321 g/mol. The van der Waals surface area contributed by atoms with Crippen LogP contribution in [0.4, 0.5) is 17.6 Å². The van der Waals surface area contributed by atoms with E-state index in [9.17, 15) is 22.4 Å². The van der Waals surface area contributed by atoms with Gasteiger partial charge >= 0.3 is 6.18 Å². The van der Waals surface area contributed by atoms with Gasteiger partial charge < -0.3 is 4.98 Å². The van der Waals surface area contributed by atoms with Crippen molar-refractivity contribution in [1.29, 1.82) is 0 Å². The number of para-hydroxylation sites is 1. The van der Waals surface area contributed by atoms with Crippen LogP contribution in [0.3, 0.4) is 0 Å². The van der Waals surface area contributed by atoms with Crippen molar-refractivity contribution >= 4 is 10.9 Å². The number of H-pyrrole nitrogens is 1. The Bertz CT molecular complexity index is 957. The van der Waals surface area contributed by atoms with E-state index in [4.69, 9.17) is 0 Å². The summed E-state index contributed by atoms with van der Waals surface area (Å²) in [5.74, 6) is -0.635. The van der Waals surface area contributed by atoms with Crippen molar-refractivity contribution in [1.82, 2.24) is 4.98 Å². The zero-order valence-corrected chi connectivity index (χ0v) is 12.0. The summed E-state index contributed by atoms with van der Waals surface area (Å²) < 4.78 is 53.9. The molecule has 0 aliphatic carbocycles. The fraction of sp³-hybridized carbons (Fsp3) is 0.118. The molecule has 1 aromatic heterocycles. The highest BCUT2D eigenvalue weighted by Gasteiger charge is 2.38. The second-order valence-corrected chi connectivity index (χ2v) is 5.21. The van der Waals surface area contributed by atoms with Crippen molar-refractivity contribution in [3.63, 3.8) is 0 Å². The molecular formula is C17H11F4NO. The van der Waals surface area contributed by atoms with Crippen molar-refractivity contribution in [3.8, 4) is 11.3 Å². The predicted molar refractivity (Wildman–Crippen MR) is 79.7 cm³/mol. The quantitative estimate of drug-likeness (QED) is 0.650. The Hall–Kier alpha value is -2.63. The Morgan fingerprint density at radius 2 is 1.74 bits per heavy atom. The minimum Gasteiger partial charge on any atom is -0.354 e. The van der Waals surface area contributed by atoms with E-state index >= 15 is 0 Å². The SMILES string of the molecule is Cc1ccc(-c2[nH]c3ccccc3c(=O)c2C(F)(F)F)cc1F. The number of fused-ring (bicyclic) bond motifs is 1. The fourth-order valence-corrected chi connectivity index (χ4v) is 2.47. The first-order chi connectivity index (χ1) is 10.8. The highest BCUT2D eigenvalue weighted by molar-refractivity contribution is 5.83. The molecular weight excluding hydrogens is 310 g/mol. The number of alkyl halides is 3. The molecule has 0 saturated heterocycles. The molecule has 0 atom stereocenters.